The van der Waals surface area contributed by atoms with Gasteiger partial charge >= 0.3 is 0 Å². The van der Waals surface area contributed by atoms with Crippen molar-refractivity contribution in [1.29, 1.82) is 0 Å². The third-order valence-electron chi connectivity index (χ3n) is 3.34. The molecule has 0 fully saturated rings. The van der Waals surface area contributed by atoms with Crippen LogP contribution in [-0.2, 0) is 13.0 Å². The SMILES string of the molecule is CCc1ccc(C(CC)NCc2cc(Br)cs2)cc1. The van der Waals surface area contributed by atoms with E-state index in [0.717, 1.165) is 19.4 Å². The number of halogens is 1. The van der Waals surface area contributed by atoms with E-state index in [1.807, 2.05) is 0 Å². The molecule has 2 aromatic rings. The second-order valence-corrected chi connectivity index (χ2v) is 6.58. The van der Waals surface area contributed by atoms with E-state index in [1.54, 1.807) is 11.3 Å². The van der Waals surface area contributed by atoms with Crippen molar-refractivity contribution in [3.05, 3.63) is 56.2 Å². The molecule has 2 rings (SSSR count). The van der Waals surface area contributed by atoms with Gasteiger partial charge < -0.3 is 5.32 Å². The molecule has 19 heavy (non-hydrogen) atoms. The van der Waals surface area contributed by atoms with Gasteiger partial charge in [-0.1, -0.05) is 38.1 Å². The Labute approximate surface area is 128 Å². The van der Waals surface area contributed by atoms with Gasteiger partial charge in [-0.25, -0.2) is 0 Å². The maximum absolute atomic E-state index is 3.64. The van der Waals surface area contributed by atoms with Gasteiger partial charge in [-0.15, -0.1) is 11.3 Å². The Morgan fingerprint density at radius 3 is 2.47 bits per heavy atom. The van der Waals surface area contributed by atoms with E-state index < -0.39 is 0 Å². The van der Waals surface area contributed by atoms with E-state index in [1.165, 1.54) is 20.5 Å². The van der Waals surface area contributed by atoms with E-state index in [9.17, 15) is 0 Å². The third-order valence-corrected chi connectivity index (χ3v) is 5.04. The molecule has 1 nitrogen and oxygen atoms in total. The Hall–Kier alpha value is -0.640. The number of rotatable bonds is 6. The summed E-state index contributed by atoms with van der Waals surface area (Å²) in [6, 6.07) is 11.6. The molecule has 1 aromatic heterocycles. The van der Waals surface area contributed by atoms with Crippen molar-refractivity contribution in [3.63, 3.8) is 0 Å². The molecule has 1 heterocycles. The first kappa shape index (κ1) is 14.8. The van der Waals surface area contributed by atoms with Gasteiger partial charge in [-0.2, -0.15) is 0 Å². The molecule has 0 spiro atoms. The first-order valence-electron chi connectivity index (χ1n) is 6.78. The van der Waals surface area contributed by atoms with E-state index in [4.69, 9.17) is 0 Å². The normalized spacial score (nSPS) is 12.6. The predicted molar refractivity (Wildman–Crippen MR) is 87.7 cm³/mol. The lowest BCUT2D eigenvalue weighted by Gasteiger charge is -2.17. The number of thiophene rings is 1. The second-order valence-electron chi connectivity index (χ2n) is 4.67. The van der Waals surface area contributed by atoms with Gasteiger partial charge in [0, 0.05) is 27.3 Å². The van der Waals surface area contributed by atoms with Gasteiger partial charge in [0.05, 0.1) is 0 Å². The van der Waals surface area contributed by atoms with Crippen LogP contribution in [0.15, 0.2) is 40.2 Å². The molecule has 0 amide bonds. The Balaban J connectivity index is 1.98. The lowest BCUT2D eigenvalue weighted by Crippen LogP contribution is -2.19. The van der Waals surface area contributed by atoms with E-state index in [0.29, 0.717) is 6.04 Å². The largest absolute Gasteiger partial charge is 0.305 e. The van der Waals surface area contributed by atoms with Gasteiger partial charge in [-0.05, 0) is 46.0 Å². The van der Waals surface area contributed by atoms with Crippen LogP contribution in [0.25, 0.3) is 0 Å². The minimum atomic E-state index is 0.437. The molecular formula is C16H20BrNS. The van der Waals surface area contributed by atoms with Crippen LogP contribution in [0, 0.1) is 0 Å². The molecule has 1 N–H and O–H groups in total. The highest BCUT2D eigenvalue weighted by molar-refractivity contribution is 9.10. The molecule has 0 bridgehead atoms. The van der Waals surface area contributed by atoms with Gasteiger partial charge in [0.15, 0.2) is 0 Å². The summed E-state index contributed by atoms with van der Waals surface area (Å²) in [5.41, 5.74) is 2.79. The average molecular weight is 338 g/mol. The number of benzene rings is 1. The van der Waals surface area contributed by atoms with Crippen molar-refractivity contribution >= 4 is 27.3 Å². The monoisotopic (exact) mass is 337 g/mol. The summed E-state index contributed by atoms with van der Waals surface area (Å²) >= 11 is 5.29. The van der Waals surface area contributed by atoms with Crippen molar-refractivity contribution in [1.82, 2.24) is 5.32 Å². The first-order chi connectivity index (χ1) is 9.22. The fourth-order valence-electron chi connectivity index (χ4n) is 2.15. The van der Waals surface area contributed by atoms with Crippen LogP contribution in [0.2, 0.25) is 0 Å². The number of hydrogen-bond acceptors (Lipinski definition) is 2. The number of aryl methyl sites for hydroxylation is 1. The average Bonchev–Trinajstić information content (AvgIpc) is 2.86. The molecule has 3 heteroatoms. The zero-order chi connectivity index (χ0) is 13.7. The topological polar surface area (TPSA) is 12.0 Å². The second kappa shape index (κ2) is 7.22. The quantitative estimate of drug-likeness (QED) is 0.752. The van der Waals surface area contributed by atoms with Crippen molar-refractivity contribution in [2.45, 2.75) is 39.3 Å². The van der Waals surface area contributed by atoms with Crippen LogP contribution < -0.4 is 5.32 Å². The van der Waals surface area contributed by atoms with E-state index in [-0.39, 0.29) is 0 Å². The zero-order valence-corrected chi connectivity index (χ0v) is 13.9. The summed E-state index contributed by atoms with van der Waals surface area (Å²) in [6.45, 7) is 5.36. The highest BCUT2D eigenvalue weighted by Gasteiger charge is 2.09. The van der Waals surface area contributed by atoms with Crippen LogP contribution in [-0.4, -0.2) is 0 Å². The highest BCUT2D eigenvalue weighted by Crippen LogP contribution is 2.22. The van der Waals surface area contributed by atoms with Crippen molar-refractivity contribution in [2.75, 3.05) is 0 Å². The number of nitrogens with one attached hydrogen (secondary N) is 1. The number of hydrogen-bond donors (Lipinski definition) is 1. The van der Waals surface area contributed by atoms with Crippen LogP contribution in [0.1, 0.15) is 42.3 Å². The lowest BCUT2D eigenvalue weighted by molar-refractivity contribution is 0.522. The molecular weight excluding hydrogens is 318 g/mol. The van der Waals surface area contributed by atoms with Crippen molar-refractivity contribution < 1.29 is 0 Å². The van der Waals surface area contributed by atoms with Gasteiger partial charge in [0.25, 0.3) is 0 Å². The minimum Gasteiger partial charge on any atom is -0.305 e. The van der Waals surface area contributed by atoms with Crippen LogP contribution >= 0.6 is 27.3 Å². The maximum Gasteiger partial charge on any atom is 0.0320 e. The molecule has 0 saturated heterocycles. The van der Waals surface area contributed by atoms with Crippen molar-refractivity contribution in [2.24, 2.45) is 0 Å². The summed E-state index contributed by atoms with van der Waals surface area (Å²) in [7, 11) is 0. The Morgan fingerprint density at radius 1 is 1.21 bits per heavy atom. The van der Waals surface area contributed by atoms with Gasteiger partial charge in [-0.3, -0.25) is 0 Å². The van der Waals surface area contributed by atoms with Crippen LogP contribution in [0.3, 0.4) is 0 Å². The van der Waals surface area contributed by atoms with Gasteiger partial charge in [0.1, 0.15) is 0 Å². The molecule has 0 saturated carbocycles. The van der Waals surface area contributed by atoms with Gasteiger partial charge in [0.2, 0.25) is 0 Å². The summed E-state index contributed by atoms with van der Waals surface area (Å²) in [5, 5.41) is 5.78. The van der Waals surface area contributed by atoms with E-state index in [2.05, 4.69) is 70.8 Å². The molecule has 0 aliphatic heterocycles. The lowest BCUT2D eigenvalue weighted by atomic mass is 10.0. The van der Waals surface area contributed by atoms with Crippen LogP contribution in [0.5, 0.6) is 0 Å². The molecule has 1 unspecified atom stereocenters. The van der Waals surface area contributed by atoms with Crippen LogP contribution in [0.4, 0.5) is 0 Å². The Morgan fingerprint density at radius 2 is 1.95 bits per heavy atom. The third kappa shape index (κ3) is 4.16. The standard InChI is InChI=1S/C16H20BrNS/c1-3-12-5-7-13(8-6-12)16(4-2)18-10-15-9-14(17)11-19-15/h5-9,11,16,18H,3-4,10H2,1-2H3. The Bertz CT molecular complexity index is 504. The summed E-state index contributed by atoms with van der Waals surface area (Å²) in [4.78, 5) is 1.37. The summed E-state index contributed by atoms with van der Waals surface area (Å²) in [6.07, 6.45) is 2.21. The highest BCUT2D eigenvalue weighted by atomic mass is 79.9. The summed E-state index contributed by atoms with van der Waals surface area (Å²) in [5.74, 6) is 0. The molecule has 1 atom stereocenters. The molecule has 0 aliphatic rings. The fraction of sp³-hybridized carbons (Fsp3) is 0.375. The first-order valence-corrected chi connectivity index (χ1v) is 8.45. The molecule has 0 aliphatic carbocycles. The molecule has 0 radical (unpaired) electrons. The molecule has 1 aromatic carbocycles. The molecule has 102 valence electrons. The smallest absolute Gasteiger partial charge is 0.0320 e. The van der Waals surface area contributed by atoms with Crippen molar-refractivity contribution in [3.8, 4) is 0 Å². The fourth-order valence-corrected chi connectivity index (χ4v) is 3.56. The minimum absolute atomic E-state index is 0.437. The Kier molecular flexibility index (Phi) is 5.61. The maximum atomic E-state index is 3.64. The predicted octanol–water partition coefficient (Wildman–Crippen LogP) is 5.31. The van der Waals surface area contributed by atoms with E-state index >= 15 is 0 Å². The summed E-state index contributed by atoms with van der Waals surface area (Å²) < 4.78 is 1.18. The zero-order valence-electron chi connectivity index (χ0n) is 11.4.